The highest BCUT2D eigenvalue weighted by Crippen LogP contribution is 2.27. The number of hydrogen-bond acceptors (Lipinski definition) is 6. The molecule has 1 aliphatic heterocycles. The molecule has 2 aromatic heterocycles. The number of tetrazole rings is 1. The summed E-state index contributed by atoms with van der Waals surface area (Å²) in [6.45, 7) is 3.42. The fraction of sp³-hybridized carbons (Fsp3) is 0.385. The standard InChI is InChI=1S/C13H13ClFN7/c1-20-2-4-21(5-3-20)12-13-17-18-19-22(13)10-7-8(14)6-9(15)11(10)16-12/h6-7H,2-5H2,1H3. The monoisotopic (exact) mass is 321 g/mol. The zero-order valence-electron chi connectivity index (χ0n) is 11.9. The van der Waals surface area contributed by atoms with Crippen LogP contribution in [0.2, 0.25) is 5.02 Å². The van der Waals surface area contributed by atoms with E-state index in [2.05, 4.69) is 37.4 Å². The van der Waals surface area contributed by atoms with Gasteiger partial charge in [0.25, 0.3) is 0 Å². The molecule has 0 saturated carbocycles. The van der Waals surface area contributed by atoms with E-state index in [0.29, 0.717) is 17.0 Å². The third-order valence-electron chi connectivity index (χ3n) is 3.93. The fourth-order valence-corrected chi connectivity index (χ4v) is 2.90. The Morgan fingerprint density at radius 2 is 1.95 bits per heavy atom. The second-order valence-corrected chi connectivity index (χ2v) is 5.83. The molecule has 1 saturated heterocycles. The first kappa shape index (κ1) is 13.6. The number of benzene rings is 1. The molecular formula is C13H13ClFN7. The van der Waals surface area contributed by atoms with E-state index in [4.69, 9.17) is 11.6 Å². The lowest BCUT2D eigenvalue weighted by molar-refractivity contribution is 0.312. The Kier molecular flexibility index (Phi) is 3.08. The van der Waals surface area contributed by atoms with Gasteiger partial charge >= 0.3 is 0 Å². The van der Waals surface area contributed by atoms with E-state index in [1.54, 1.807) is 6.07 Å². The topological polar surface area (TPSA) is 62.5 Å². The summed E-state index contributed by atoms with van der Waals surface area (Å²) < 4.78 is 15.7. The van der Waals surface area contributed by atoms with Gasteiger partial charge in [-0.2, -0.15) is 4.52 Å². The van der Waals surface area contributed by atoms with Crippen molar-refractivity contribution in [3.8, 4) is 0 Å². The predicted molar refractivity (Wildman–Crippen MR) is 80.8 cm³/mol. The maximum atomic E-state index is 14.2. The Balaban J connectivity index is 1.95. The third kappa shape index (κ3) is 2.06. The molecule has 0 spiro atoms. The molecule has 0 amide bonds. The van der Waals surface area contributed by atoms with Crippen LogP contribution in [0.25, 0.3) is 16.7 Å². The summed E-state index contributed by atoms with van der Waals surface area (Å²) in [7, 11) is 2.07. The Hall–Kier alpha value is -2.06. The van der Waals surface area contributed by atoms with Crippen molar-refractivity contribution in [3.63, 3.8) is 0 Å². The highest BCUT2D eigenvalue weighted by molar-refractivity contribution is 6.31. The van der Waals surface area contributed by atoms with E-state index in [1.807, 2.05) is 0 Å². The fourth-order valence-electron chi connectivity index (χ4n) is 2.70. The largest absolute Gasteiger partial charge is 0.351 e. The van der Waals surface area contributed by atoms with Gasteiger partial charge < -0.3 is 9.80 Å². The number of anilines is 1. The number of fused-ring (bicyclic) bond motifs is 3. The average molecular weight is 322 g/mol. The summed E-state index contributed by atoms with van der Waals surface area (Å²) in [5.74, 6) is 0.127. The van der Waals surface area contributed by atoms with Gasteiger partial charge in [-0.3, -0.25) is 0 Å². The van der Waals surface area contributed by atoms with Crippen molar-refractivity contribution in [2.24, 2.45) is 0 Å². The van der Waals surface area contributed by atoms with Crippen LogP contribution < -0.4 is 4.90 Å². The van der Waals surface area contributed by atoms with Crippen molar-refractivity contribution in [2.75, 3.05) is 38.1 Å². The van der Waals surface area contributed by atoms with Crippen LogP contribution in [0.5, 0.6) is 0 Å². The number of likely N-dealkylation sites (N-methyl/N-ethyl adjacent to an activating group) is 1. The van der Waals surface area contributed by atoms with Crippen LogP contribution in [0.4, 0.5) is 10.2 Å². The van der Waals surface area contributed by atoms with E-state index in [-0.39, 0.29) is 10.5 Å². The van der Waals surface area contributed by atoms with E-state index in [0.717, 1.165) is 26.2 Å². The van der Waals surface area contributed by atoms with Gasteiger partial charge in [0.2, 0.25) is 5.65 Å². The normalized spacial score (nSPS) is 16.8. The second kappa shape index (κ2) is 4.99. The zero-order chi connectivity index (χ0) is 15.3. The van der Waals surface area contributed by atoms with Gasteiger partial charge in [0.05, 0.1) is 5.52 Å². The SMILES string of the molecule is CN1CCN(c2nc3c(F)cc(Cl)cc3n3nnnc23)CC1. The lowest BCUT2D eigenvalue weighted by atomic mass is 10.2. The highest BCUT2D eigenvalue weighted by atomic mass is 35.5. The summed E-state index contributed by atoms with van der Waals surface area (Å²) >= 11 is 5.93. The summed E-state index contributed by atoms with van der Waals surface area (Å²) in [6, 6.07) is 2.87. The Bertz CT molecular complexity index is 856. The summed E-state index contributed by atoms with van der Waals surface area (Å²) in [5.41, 5.74) is 1.19. The maximum Gasteiger partial charge on any atom is 0.222 e. The summed E-state index contributed by atoms with van der Waals surface area (Å²) in [4.78, 5) is 8.79. The van der Waals surface area contributed by atoms with Crippen molar-refractivity contribution in [2.45, 2.75) is 0 Å². The van der Waals surface area contributed by atoms with Crippen LogP contribution in [0.15, 0.2) is 12.1 Å². The first-order valence-corrected chi connectivity index (χ1v) is 7.31. The van der Waals surface area contributed by atoms with Crippen molar-refractivity contribution in [3.05, 3.63) is 23.0 Å². The van der Waals surface area contributed by atoms with Crippen molar-refractivity contribution in [1.29, 1.82) is 0 Å². The van der Waals surface area contributed by atoms with Gasteiger partial charge in [0.1, 0.15) is 5.52 Å². The Labute approximate surface area is 130 Å². The summed E-state index contributed by atoms with van der Waals surface area (Å²) in [6.07, 6.45) is 0. The molecule has 0 aliphatic carbocycles. The molecule has 0 bridgehead atoms. The van der Waals surface area contributed by atoms with Gasteiger partial charge in [-0.1, -0.05) is 11.6 Å². The van der Waals surface area contributed by atoms with Gasteiger partial charge in [0.15, 0.2) is 11.6 Å². The predicted octanol–water partition coefficient (Wildman–Crippen LogP) is 1.22. The Morgan fingerprint density at radius 3 is 2.73 bits per heavy atom. The van der Waals surface area contributed by atoms with Gasteiger partial charge in [0, 0.05) is 31.2 Å². The van der Waals surface area contributed by atoms with E-state index < -0.39 is 5.82 Å². The van der Waals surface area contributed by atoms with E-state index in [1.165, 1.54) is 10.6 Å². The molecule has 1 fully saturated rings. The maximum absolute atomic E-state index is 14.2. The van der Waals surface area contributed by atoms with Gasteiger partial charge in [-0.05, 0) is 29.6 Å². The molecule has 1 aliphatic rings. The molecular weight excluding hydrogens is 309 g/mol. The third-order valence-corrected chi connectivity index (χ3v) is 4.14. The molecule has 9 heteroatoms. The minimum absolute atomic E-state index is 0.220. The molecule has 7 nitrogen and oxygen atoms in total. The smallest absolute Gasteiger partial charge is 0.222 e. The minimum Gasteiger partial charge on any atom is -0.351 e. The quantitative estimate of drug-likeness (QED) is 0.671. The average Bonchev–Trinajstić information content (AvgIpc) is 2.97. The molecule has 3 aromatic rings. The lowest BCUT2D eigenvalue weighted by Crippen LogP contribution is -2.45. The highest BCUT2D eigenvalue weighted by Gasteiger charge is 2.22. The van der Waals surface area contributed by atoms with Crippen molar-refractivity contribution in [1.82, 2.24) is 29.9 Å². The van der Waals surface area contributed by atoms with Gasteiger partial charge in [-0.15, -0.1) is 5.10 Å². The number of piperazine rings is 1. The second-order valence-electron chi connectivity index (χ2n) is 5.40. The molecule has 0 N–H and O–H groups in total. The molecule has 3 heterocycles. The van der Waals surface area contributed by atoms with Crippen LogP contribution >= 0.6 is 11.6 Å². The number of hydrogen-bond donors (Lipinski definition) is 0. The molecule has 0 radical (unpaired) electrons. The Morgan fingerprint density at radius 1 is 1.18 bits per heavy atom. The van der Waals surface area contributed by atoms with Crippen LogP contribution in [-0.4, -0.2) is 63.2 Å². The first-order valence-electron chi connectivity index (χ1n) is 6.94. The van der Waals surface area contributed by atoms with Gasteiger partial charge in [-0.25, -0.2) is 9.37 Å². The van der Waals surface area contributed by atoms with Crippen molar-refractivity contribution < 1.29 is 4.39 Å². The van der Waals surface area contributed by atoms with E-state index in [9.17, 15) is 4.39 Å². The van der Waals surface area contributed by atoms with E-state index >= 15 is 0 Å². The van der Waals surface area contributed by atoms with Crippen LogP contribution in [0, 0.1) is 5.82 Å². The van der Waals surface area contributed by atoms with Crippen LogP contribution in [0.1, 0.15) is 0 Å². The minimum atomic E-state index is -0.477. The molecule has 22 heavy (non-hydrogen) atoms. The molecule has 0 atom stereocenters. The molecule has 1 aromatic carbocycles. The number of nitrogens with zero attached hydrogens (tertiary/aromatic N) is 7. The lowest BCUT2D eigenvalue weighted by Gasteiger charge is -2.33. The molecule has 4 rings (SSSR count). The van der Waals surface area contributed by atoms with Crippen LogP contribution in [0.3, 0.4) is 0 Å². The first-order chi connectivity index (χ1) is 10.6. The van der Waals surface area contributed by atoms with Crippen molar-refractivity contribution >= 4 is 34.1 Å². The summed E-state index contributed by atoms with van der Waals surface area (Å²) in [5, 5.41) is 12.0. The zero-order valence-corrected chi connectivity index (χ0v) is 12.6. The number of halogens is 2. The number of aromatic nitrogens is 5. The van der Waals surface area contributed by atoms with Crippen LogP contribution in [-0.2, 0) is 0 Å². The number of rotatable bonds is 1. The molecule has 0 unspecified atom stereocenters. The molecule has 114 valence electrons.